The first-order chi connectivity index (χ1) is 7.78. The molecule has 0 amide bonds. The summed E-state index contributed by atoms with van der Waals surface area (Å²) in [6.07, 6.45) is 1.68. The Morgan fingerprint density at radius 2 is 2.31 bits per heavy atom. The zero-order valence-electron chi connectivity index (χ0n) is 9.23. The predicted octanol–water partition coefficient (Wildman–Crippen LogP) is 2.71. The van der Waals surface area contributed by atoms with Gasteiger partial charge in [0.1, 0.15) is 22.4 Å². The summed E-state index contributed by atoms with van der Waals surface area (Å²) in [5.41, 5.74) is 0. The summed E-state index contributed by atoms with van der Waals surface area (Å²) in [5.74, 6) is 3.35. The number of hydrogen-bond acceptors (Lipinski definition) is 5. The van der Waals surface area contributed by atoms with Crippen LogP contribution in [0.4, 0.5) is 5.82 Å². The molecule has 0 radical (unpaired) electrons. The van der Waals surface area contributed by atoms with Gasteiger partial charge in [-0.25, -0.2) is 9.97 Å². The van der Waals surface area contributed by atoms with Crippen molar-refractivity contribution in [3.05, 3.63) is 36.0 Å². The number of hydrogen-bond donors (Lipinski definition) is 1. The minimum absolute atomic E-state index is 0.772. The van der Waals surface area contributed by atoms with Gasteiger partial charge in [0, 0.05) is 13.1 Å². The first-order valence-electron chi connectivity index (χ1n) is 4.96. The molecule has 0 aliphatic heterocycles. The maximum Gasteiger partial charge on any atom is 0.130 e. The van der Waals surface area contributed by atoms with E-state index in [1.807, 2.05) is 32.2 Å². The number of aromatic nitrogens is 2. The molecule has 0 fully saturated rings. The molecule has 2 rings (SSSR count). The number of nitrogens with one attached hydrogen (secondary N) is 1. The van der Waals surface area contributed by atoms with Crippen LogP contribution in [0.1, 0.15) is 11.6 Å². The second-order valence-electron chi connectivity index (χ2n) is 3.26. The molecule has 0 spiro atoms. The highest BCUT2D eigenvalue weighted by atomic mass is 32.2. The van der Waals surface area contributed by atoms with E-state index in [2.05, 4.69) is 15.3 Å². The molecule has 84 valence electrons. The van der Waals surface area contributed by atoms with Crippen LogP contribution in [0.15, 0.2) is 33.9 Å². The van der Waals surface area contributed by atoms with Crippen LogP contribution < -0.4 is 5.32 Å². The van der Waals surface area contributed by atoms with E-state index in [4.69, 9.17) is 4.42 Å². The second-order valence-corrected chi connectivity index (χ2v) is 4.25. The van der Waals surface area contributed by atoms with Crippen LogP contribution in [0.5, 0.6) is 0 Å². The summed E-state index contributed by atoms with van der Waals surface area (Å²) < 4.78 is 5.26. The number of anilines is 1. The molecule has 0 aliphatic carbocycles. The Hall–Kier alpha value is -1.49. The summed E-state index contributed by atoms with van der Waals surface area (Å²) in [7, 11) is 1.85. The van der Waals surface area contributed by atoms with Gasteiger partial charge in [-0.1, -0.05) is 11.8 Å². The summed E-state index contributed by atoms with van der Waals surface area (Å²) in [6.45, 7) is 1.89. The Labute approximate surface area is 98.5 Å². The second kappa shape index (κ2) is 5.03. The van der Waals surface area contributed by atoms with Gasteiger partial charge in [-0.2, -0.15) is 0 Å². The average molecular weight is 235 g/mol. The van der Waals surface area contributed by atoms with E-state index in [1.54, 1.807) is 18.0 Å². The zero-order chi connectivity index (χ0) is 11.4. The summed E-state index contributed by atoms with van der Waals surface area (Å²) in [4.78, 5) is 8.59. The van der Waals surface area contributed by atoms with Crippen LogP contribution in [-0.4, -0.2) is 17.0 Å². The highest BCUT2D eigenvalue weighted by Crippen LogP contribution is 2.22. The molecule has 0 saturated carbocycles. The Kier molecular flexibility index (Phi) is 3.46. The van der Waals surface area contributed by atoms with Gasteiger partial charge in [0.15, 0.2) is 0 Å². The lowest BCUT2D eigenvalue weighted by molar-refractivity contribution is 0.530. The third-order valence-corrected chi connectivity index (χ3v) is 2.95. The normalized spacial score (nSPS) is 10.4. The van der Waals surface area contributed by atoms with Crippen molar-refractivity contribution in [1.82, 2.24) is 9.97 Å². The molecule has 4 nitrogen and oxygen atoms in total. The van der Waals surface area contributed by atoms with Crippen molar-refractivity contribution in [3.63, 3.8) is 0 Å². The lowest BCUT2D eigenvalue weighted by Crippen LogP contribution is -1.97. The summed E-state index contributed by atoms with van der Waals surface area (Å²) >= 11 is 1.64. The van der Waals surface area contributed by atoms with E-state index in [-0.39, 0.29) is 0 Å². The summed E-state index contributed by atoms with van der Waals surface area (Å²) in [6, 6.07) is 5.78. The molecule has 0 saturated heterocycles. The van der Waals surface area contributed by atoms with Crippen molar-refractivity contribution in [2.75, 3.05) is 12.4 Å². The monoisotopic (exact) mass is 235 g/mol. The predicted molar refractivity (Wildman–Crippen MR) is 64.6 cm³/mol. The molecule has 0 bridgehead atoms. The van der Waals surface area contributed by atoms with E-state index in [0.29, 0.717) is 0 Å². The lowest BCUT2D eigenvalue weighted by Gasteiger charge is -2.04. The molecule has 0 atom stereocenters. The molecule has 0 aliphatic rings. The fourth-order valence-electron chi connectivity index (χ4n) is 1.28. The van der Waals surface area contributed by atoms with E-state index in [1.165, 1.54) is 0 Å². The van der Waals surface area contributed by atoms with Crippen molar-refractivity contribution in [3.8, 4) is 0 Å². The number of rotatable bonds is 4. The maximum absolute atomic E-state index is 5.26. The highest BCUT2D eigenvalue weighted by molar-refractivity contribution is 7.98. The molecule has 2 aromatic rings. The quantitative estimate of drug-likeness (QED) is 0.652. The molecule has 0 aromatic carbocycles. The summed E-state index contributed by atoms with van der Waals surface area (Å²) in [5, 5.41) is 3.97. The van der Waals surface area contributed by atoms with Gasteiger partial charge < -0.3 is 9.73 Å². The van der Waals surface area contributed by atoms with Gasteiger partial charge in [-0.15, -0.1) is 0 Å². The van der Waals surface area contributed by atoms with Gasteiger partial charge in [0.2, 0.25) is 0 Å². The Morgan fingerprint density at radius 1 is 1.44 bits per heavy atom. The average Bonchev–Trinajstić information content (AvgIpc) is 2.78. The van der Waals surface area contributed by atoms with Crippen LogP contribution in [0.2, 0.25) is 0 Å². The van der Waals surface area contributed by atoms with E-state index < -0.39 is 0 Å². The Balaban J connectivity index is 2.06. The van der Waals surface area contributed by atoms with Crippen LogP contribution in [0, 0.1) is 6.92 Å². The smallest absolute Gasteiger partial charge is 0.130 e. The molecule has 2 heterocycles. The van der Waals surface area contributed by atoms with Gasteiger partial charge in [-0.05, 0) is 19.1 Å². The van der Waals surface area contributed by atoms with Crippen molar-refractivity contribution in [1.29, 1.82) is 0 Å². The van der Waals surface area contributed by atoms with E-state index in [9.17, 15) is 0 Å². The van der Waals surface area contributed by atoms with Crippen molar-refractivity contribution in [2.45, 2.75) is 17.7 Å². The van der Waals surface area contributed by atoms with Crippen LogP contribution in [0.25, 0.3) is 0 Å². The zero-order valence-corrected chi connectivity index (χ0v) is 10.0. The first kappa shape index (κ1) is 11.0. The molecule has 16 heavy (non-hydrogen) atoms. The standard InChI is InChI=1S/C11H13N3OS/c1-8-13-10(12-2)6-11(14-8)16-7-9-4-3-5-15-9/h3-6H,7H2,1-2H3,(H,12,13,14). The van der Waals surface area contributed by atoms with Crippen LogP contribution in [0.3, 0.4) is 0 Å². The largest absolute Gasteiger partial charge is 0.468 e. The van der Waals surface area contributed by atoms with Crippen molar-refractivity contribution < 1.29 is 4.42 Å². The van der Waals surface area contributed by atoms with Crippen molar-refractivity contribution >= 4 is 17.6 Å². The number of furan rings is 1. The molecule has 0 unspecified atom stereocenters. The number of nitrogens with zero attached hydrogens (tertiary/aromatic N) is 2. The first-order valence-corrected chi connectivity index (χ1v) is 5.95. The maximum atomic E-state index is 5.26. The molecule has 1 N–H and O–H groups in total. The Bertz CT molecular complexity index is 456. The minimum atomic E-state index is 0.772. The van der Waals surface area contributed by atoms with Gasteiger partial charge >= 0.3 is 0 Å². The molecular weight excluding hydrogens is 222 g/mol. The Morgan fingerprint density at radius 3 is 3.00 bits per heavy atom. The number of thioether (sulfide) groups is 1. The van der Waals surface area contributed by atoms with Gasteiger partial charge in [0.25, 0.3) is 0 Å². The lowest BCUT2D eigenvalue weighted by atomic mass is 10.5. The van der Waals surface area contributed by atoms with Crippen LogP contribution in [-0.2, 0) is 5.75 Å². The number of aryl methyl sites for hydroxylation is 1. The van der Waals surface area contributed by atoms with Crippen molar-refractivity contribution in [2.24, 2.45) is 0 Å². The van der Waals surface area contributed by atoms with Gasteiger partial charge in [-0.3, -0.25) is 0 Å². The SMILES string of the molecule is CNc1cc(SCc2ccco2)nc(C)n1. The topological polar surface area (TPSA) is 51.0 Å². The molecule has 5 heteroatoms. The fourth-order valence-corrected chi connectivity index (χ4v) is 2.13. The molecular formula is C11H13N3OS. The molecule has 2 aromatic heterocycles. The third-order valence-electron chi connectivity index (χ3n) is 2.01. The van der Waals surface area contributed by atoms with Gasteiger partial charge in [0.05, 0.1) is 12.0 Å². The highest BCUT2D eigenvalue weighted by Gasteiger charge is 2.03. The van der Waals surface area contributed by atoms with E-state index >= 15 is 0 Å². The van der Waals surface area contributed by atoms with Crippen LogP contribution >= 0.6 is 11.8 Å². The minimum Gasteiger partial charge on any atom is -0.468 e. The fraction of sp³-hybridized carbons (Fsp3) is 0.273. The third kappa shape index (κ3) is 2.76. The van der Waals surface area contributed by atoms with E-state index in [0.717, 1.165) is 28.2 Å².